The van der Waals surface area contributed by atoms with E-state index in [-0.39, 0.29) is 6.10 Å². The van der Waals surface area contributed by atoms with Gasteiger partial charge in [0.25, 0.3) is 0 Å². The molecule has 0 aromatic heterocycles. The van der Waals surface area contributed by atoms with Gasteiger partial charge < -0.3 is 10.1 Å². The molecule has 1 atom stereocenters. The Morgan fingerprint density at radius 2 is 2.19 bits per heavy atom. The van der Waals surface area contributed by atoms with E-state index >= 15 is 0 Å². The van der Waals surface area contributed by atoms with Gasteiger partial charge in [-0.1, -0.05) is 41.4 Å². The molecule has 1 N–H and O–H groups in total. The highest BCUT2D eigenvalue weighted by molar-refractivity contribution is 9.10. The Morgan fingerprint density at radius 1 is 1.44 bits per heavy atom. The molecular weight excluding hydrogens is 289 g/mol. The predicted molar refractivity (Wildman–Crippen MR) is 72.4 cm³/mol. The molecule has 0 radical (unpaired) electrons. The first-order valence-corrected chi connectivity index (χ1v) is 6.66. The fraction of sp³-hybridized carbons (Fsp3) is 0.500. The zero-order chi connectivity index (χ0) is 12.0. The van der Waals surface area contributed by atoms with Crippen LogP contribution in [-0.2, 0) is 0 Å². The van der Waals surface area contributed by atoms with Gasteiger partial charge in [-0.25, -0.2) is 0 Å². The van der Waals surface area contributed by atoms with Crippen LogP contribution in [0.5, 0.6) is 5.75 Å². The Kier molecular flexibility index (Phi) is 6.17. The average molecular weight is 307 g/mol. The predicted octanol–water partition coefficient (Wildman–Crippen LogP) is 3.87. The molecule has 1 unspecified atom stereocenters. The summed E-state index contributed by atoms with van der Waals surface area (Å²) in [4.78, 5) is 0. The molecule has 1 rings (SSSR count). The van der Waals surface area contributed by atoms with Crippen LogP contribution in [0, 0.1) is 0 Å². The standard InChI is InChI=1S/C12H17BrClNO/c1-3-10(8-15-4-2)16-12-6-5-9(13)7-11(12)14/h5-7,10,15H,3-4,8H2,1-2H3. The van der Waals surface area contributed by atoms with Crippen LogP contribution in [0.2, 0.25) is 5.02 Å². The molecule has 90 valence electrons. The maximum Gasteiger partial charge on any atom is 0.138 e. The molecule has 16 heavy (non-hydrogen) atoms. The summed E-state index contributed by atoms with van der Waals surface area (Å²) in [5, 5.41) is 3.92. The molecule has 1 aromatic rings. The molecular formula is C12H17BrClNO. The lowest BCUT2D eigenvalue weighted by Crippen LogP contribution is -2.30. The van der Waals surface area contributed by atoms with Gasteiger partial charge in [-0.05, 0) is 31.2 Å². The van der Waals surface area contributed by atoms with Gasteiger partial charge in [-0.15, -0.1) is 0 Å². The number of halogens is 2. The summed E-state index contributed by atoms with van der Waals surface area (Å²) in [7, 11) is 0. The van der Waals surface area contributed by atoms with Crippen molar-refractivity contribution in [3.63, 3.8) is 0 Å². The zero-order valence-corrected chi connectivity index (χ0v) is 11.9. The number of hydrogen-bond donors (Lipinski definition) is 1. The van der Waals surface area contributed by atoms with E-state index in [9.17, 15) is 0 Å². The van der Waals surface area contributed by atoms with Gasteiger partial charge in [0, 0.05) is 11.0 Å². The molecule has 0 amide bonds. The summed E-state index contributed by atoms with van der Waals surface area (Å²) in [6.07, 6.45) is 1.12. The second-order valence-corrected chi connectivity index (χ2v) is 4.85. The Labute approximate surface area is 110 Å². The van der Waals surface area contributed by atoms with Gasteiger partial charge in [-0.3, -0.25) is 0 Å². The van der Waals surface area contributed by atoms with Crippen LogP contribution in [0.15, 0.2) is 22.7 Å². The highest BCUT2D eigenvalue weighted by Crippen LogP contribution is 2.28. The summed E-state index contributed by atoms with van der Waals surface area (Å²) >= 11 is 9.46. The van der Waals surface area contributed by atoms with Crippen molar-refractivity contribution >= 4 is 27.5 Å². The van der Waals surface area contributed by atoms with Gasteiger partial charge in [0.05, 0.1) is 5.02 Å². The van der Waals surface area contributed by atoms with Crippen LogP contribution in [0.3, 0.4) is 0 Å². The lowest BCUT2D eigenvalue weighted by molar-refractivity contribution is 0.194. The van der Waals surface area contributed by atoms with Gasteiger partial charge in [0.15, 0.2) is 0 Å². The first-order chi connectivity index (χ1) is 7.67. The van der Waals surface area contributed by atoms with Gasteiger partial charge >= 0.3 is 0 Å². The van der Waals surface area contributed by atoms with Crippen LogP contribution in [-0.4, -0.2) is 19.2 Å². The molecule has 0 aliphatic rings. The van der Waals surface area contributed by atoms with E-state index in [0.717, 1.165) is 29.7 Å². The number of nitrogens with one attached hydrogen (secondary N) is 1. The van der Waals surface area contributed by atoms with Gasteiger partial charge in [0.2, 0.25) is 0 Å². The van der Waals surface area contributed by atoms with Crippen molar-refractivity contribution in [1.82, 2.24) is 5.32 Å². The lowest BCUT2D eigenvalue weighted by atomic mass is 10.2. The summed E-state index contributed by atoms with van der Waals surface area (Å²) in [6.45, 7) is 5.99. The second kappa shape index (κ2) is 7.15. The molecule has 1 aromatic carbocycles. The highest BCUT2D eigenvalue weighted by atomic mass is 79.9. The fourth-order valence-corrected chi connectivity index (χ4v) is 2.04. The van der Waals surface area contributed by atoms with Crippen molar-refractivity contribution < 1.29 is 4.74 Å². The molecule has 0 fully saturated rings. The molecule has 0 aliphatic carbocycles. The molecule has 2 nitrogen and oxygen atoms in total. The van der Waals surface area contributed by atoms with Crippen LogP contribution in [0.4, 0.5) is 0 Å². The van der Waals surface area contributed by atoms with E-state index in [4.69, 9.17) is 16.3 Å². The summed E-state index contributed by atoms with van der Waals surface area (Å²) in [6, 6.07) is 5.67. The normalized spacial score (nSPS) is 12.5. The van der Waals surface area contributed by atoms with Crippen molar-refractivity contribution in [3.05, 3.63) is 27.7 Å². The third-order valence-electron chi connectivity index (χ3n) is 2.26. The maximum atomic E-state index is 6.09. The topological polar surface area (TPSA) is 21.3 Å². The smallest absolute Gasteiger partial charge is 0.138 e. The van der Waals surface area contributed by atoms with E-state index < -0.39 is 0 Å². The second-order valence-electron chi connectivity index (χ2n) is 3.53. The molecule has 0 heterocycles. The van der Waals surface area contributed by atoms with Crippen LogP contribution in [0.25, 0.3) is 0 Å². The summed E-state index contributed by atoms with van der Waals surface area (Å²) in [5.41, 5.74) is 0. The highest BCUT2D eigenvalue weighted by Gasteiger charge is 2.10. The zero-order valence-electron chi connectivity index (χ0n) is 9.59. The van der Waals surface area contributed by atoms with Crippen molar-refractivity contribution in [3.8, 4) is 5.75 Å². The molecule has 0 saturated heterocycles. The van der Waals surface area contributed by atoms with Crippen molar-refractivity contribution in [2.45, 2.75) is 26.4 Å². The number of likely N-dealkylation sites (N-methyl/N-ethyl adjacent to an activating group) is 1. The first-order valence-electron chi connectivity index (χ1n) is 5.49. The third kappa shape index (κ3) is 4.32. The monoisotopic (exact) mass is 305 g/mol. The quantitative estimate of drug-likeness (QED) is 0.861. The first kappa shape index (κ1) is 13.8. The lowest BCUT2D eigenvalue weighted by Gasteiger charge is -2.18. The number of ether oxygens (including phenoxy) is 1. The maximum absolute atomic E-state index is 6.09. The summed E-state index contributed by atoms with van der Waals surface area (Å²) in [5.74, 6) is 0.745. The van der Waals surface area contributed by atoms with E-state index in [1.54, 1.807) is 0 Å². The Balaban J connectivity index is 2.62. The van der Waals surface area contributed by atoms with Crippen LogP contribution in [0.1, 0.15) is 20.3 Å². The molecule has 0 spiro atoms. The molecule has 0 aliphatic heterocycles. The van der Waals surface area contributed by atoms with Crippen molar-refractivity contribution in [2.24, 2.45) is 0 Å². The Bertz CT molecular complexity index is 333. The Hall–Kier alpha value is -0.250. The van der Waals surface area contributed by atoms with E-state index in [2.05, 4.69) is 35.1 Å². The average Bonchev–Trinajstić information content (AvgIpc) is 2.27. The van der Waals surface area contributed by atoms with Gasteiger partial charge in [0.1, 0.15) is 11.9 Å². The van der Waals surface area contributed by atoms with Crippen LogP contribution < -0.4 is 10.1 Å². The minimum absolute atomic E-state index is 0.165. The minimum atomic E-state index is 0.165. The summed E-state index contributed by atoms with van der Waals surface area (Å²) < 4.78 is 6.80. The van der Waals surface area contributed by atoms with E-state index in [1.807, 2.05) is 18.2 Å². The molecule has 0 bridgehead atoms. The van der Waals surface area contributed by atoms with Gasteiger partial charge in [-0.2, -0.15) is 0 Å². The molecule has 4 heteroatoms. The van der Waals surface area contributed by atoms with Crippen molar-refractivity contribution in [1.29, 1.82) is 0 Å². The van der Waals surface area contributed by atoms with E-state index in [1.165, 1.54) is 0 Å². The largest absolute Gasteiger partial charge is 0.488 e. The molecule has 0 saturated carbocycles. The third-order valence-corrected chi connectivity index (χ3v) is 3.05. The van der Waals surface area contributed by atoms with E-state index in [0.29, 0.717) is 5.02 Å². The van der Waals surface area contributed by atoms with Crippen LogP contribution >= 0.6 is 27.5 Å². The fourth-order valence-electron chi connectivity index (χ4n) is 1.33. The number of hydrogen-bond acceptors (Lipinski definition) is 2. The number of rotatable bonds is 6. The van der Waals surface area contributed by atoms with Crippen molar-refractivity contribution in [2.75, 3.05) is 13.1 Å². The SMILES string of the molecule is CCNCC(CC)Oc1ccc(Br)cc1Cl. The number of benzene rings is 1. The minimum Gasteiger partial charge on any atom is -0.488 e. The Morgan fingerprint density at radius 3 is 2.75 bits per heavy atom.